The SMILES string of the molecule is CCCCCCC=CCC(CCC)(CCC(=O)O)C(=O)OCOC(=O)OCCCN(CC)CC. The van der Waals surface area contributed by atoms with Gasteiger partial charge >= 0.3 is 18.1 Å². The maximum Gasteiger partial charge on any atom is 0.511 e. The summed E-state index contributed by atoms with van der Waals surface area (Å²) in [7, 11) is 0. The Morgan fingerprint density at radius 2 is 1.59 bits per heavy atom. The molecule has 1 N–H and O–H groups in total. The smallest absolute Gasteiger partial charge is 0.481 e. The summed E-state index contributed by atoms with van der Waals surface area (Å²) in [6, 6.07) is 0. The summed E-state index contributed by atoms with van der Waals surface area (Å²) in [4.78, 5) is 38.2. The van der Waals surface area contributed by atoms with Gasteiger partial charge in [0.15, 0.2) is 0 Å². The van der Waals surface area contributed by atoms with Crippen molar-refractivity contribution in [3.63, 3.8) is 0 Å². The van der Waals surface area contributed by atoms with Crippen molar-refractivity contribution in [2.24, 2.45) is 5.41 Å². The summed E-state index contributed by atoms with van der Waals surface area (Å²) >= 11 is 0. The number of esters is 1. The van der Waals surface area contributed by atoms with Gasteiger partial charge in [-0.1, -0.05) is 65.5 Å². The number of carboxylic acids is 1. The van der Waals surface area contributed by atoms with Crippen molar-refractivity contribution < 1.29 is 33.7 Å². The summed E-state index contributed by atoms with van der Waals surface area (Å²) in [6.45, 7) is 10.6. The fraction of sp³-hybridized carbons (Fsp3) is 0.808. The molecule has 0 aliphatic carbocycles. The third kappa shape index (κ3) is 14.9. The van der Waals surface area contributed by atoms with Crippen molar-refractivity contribution in [3.05, 3.63) is 12.2 Å². The van der Waals surface area contributed by atoms with Crippen LogP contribution in [0, 0.1) is 5.41 Å². The van der Waals surface area contributed by atoms with Gasteiger partial charge in [-0.05, 0) is 51.6 Å². The lowest BCUT2D eigenvalue weighted by molar-refractivity contribution is -0.167. The van der Waals surface area contributed by atoms with Gasteiger partial charge in [0, 0.05) is 13.0 Å². The second-order valence-electron chi connectivity index (χ2n) is 8.62. The Bertz CT molecular complexity index is 590. The van der Waals surface area contributed by atoms with Gasteiger partial charge in [0.05, 0.1) is 12.0 Å². The second-order valence-corrected chi connectivity index (χ2v) is 8.62. The Labute approximate surface area is 206 Å². The van der Waals surface area contributed by atoms with Crippen LogP contribution < -0.4 is 0 Å². The lowest BCUT2D eigenvalue weighted by Gasteiger charge is -2.29. The fourth-order valence-corrected chi connectivity index (χ4v) is 3.87. The van der Waals surface area contributed by atoms with E-state index in [9.17, 15) is 19.5 Å². The molecule has 34 heavy (non-hydrogen) atoms. The fourth-order valence-electron chi connectivity index (χ4n) is 3.87. The molecule has 0 aromatic heterocycles. The van der Waals surface area contributed by atoms with Gasteiger partial charge in [0.25, 0.3) is 0 Å². The van der Waals surface area contributed by atoms with E-state index < -0.39 is 30.3 Å². The van der Waals surface area contributed by atoms with Crippen LogP contribution in [0.2, 0.25) is 0 Å². The number of allylic oxidation sites excluding steroid dienone is 2. The van der Waals surface area contributed by atoms with Crippen LogP contribution in [-0.4, -0.2) is 61.1 Å². The van der Waals surface area contributed by atoms with E-state index in [-0.39, 0.29) is 19.4 Å². The Hall–Kier alpha value is -2.09. The molecule has 0 bridgehead atoms. The number of carbonyl (C=O) groups excluding carboxylic acids is 2. The van der Waals surface area contributed by atoms with Crippen LogP contribution >= 0.6 is 0 Å². The zero-order valence-corrected chi connectivity index (χ0v) is 21.8. The van der Waals surface area contributed by atoms with Crippen LogP contribution in [0.25, 0.3) is 0 Å². The number of carbonyl (C=O) groups is 3. The third-order valence-corrected chi connectivity index (χ3v) is 5.98. The molecule has 0 rings (SSSR count). The largest absolute Gasteiger partial charge is 0.511 e. The molecule has 0 aliphatic heterocycles. The molecule has 198 valence electrons. The second kappa shape index (κ2) is 20.3. The van der Waals surface area contributed by atoms with Crippen LogP contribution in [0.5, 0.6) is 0 Å². The number of aliphatic carboxylic acids is 1. The molecule has 0 aliphatic rings. The van der Waals surface area contributed by atoms with E-state index in [1.807, 2.05) is 13.0 Å². The molecule has 1 atom stereocenters. The van der Waals surface area contributed by atoms with E-state index in [1.165, 1.54) is 19.3 Å². The Balaban J connectivity index is 4.73. The zero-order valence-electron chi connectivity index (χ0n) is 21.8. The van der Waals surface area contributed by atoms with Crippen LogP contribution in [0.15, 0.2) is 12.2 Å². The topological polar surface area (TPSA) is 102 Å². The molecule has 8 heteroatoms. The Morgan fingerprint density at radius 1 is 0.853 bits per heavy atom. The summed E-state index contributed by atoms with van der Waals surface area (Å²) < 4.78 is 15.2. The first-order valence-corrected chi connectivity index (χ1v) is 12.9. The Kier molecular flexibility index (Phi) is 19.0. The lowest BCUT2D eigenvalue weighted by atomic mass is 9.76. The first kappa shape index (κ1) is 31.9. The van der Waals surface area contributed by atoms with Gasteiger partial charge in [0.1, 0.15) is 0 Å². The number of hydrogen-bond donors (Lipinski definition) is 1. The Morgan fingerprint density at radius 3 is 2.21 bits per heavy atom. The van der Waals surface area contributed by atoms with Gasteiger partial charge in [-0.25, -0.2) is 4.79 Å². The molecule has 0 saturated carbocycles. The molecule has 0 spiro atoms. The van der Waals surface area contributed by atoms with Gasteiger partial charge in [-0.3, -0.25) is 9.59 Å². The molecule has 1 unspecified atom stereocenters. The number of carboxylic acid groups (broad SMARTS) is 1. The quantitative estimate of drug-likeness (QED) is 0.0922. The minimum absolute atomic E-state index is 0.130. The van der Waals surface area contributed by atoms with E-state index in [0.29, 0.717) is 25.7 Å². The predicted molar refractivity (Wildman–Crippen MR) is 133 cm³/mol. The first-order valence-electron chi connectivity index (χ1n) is 12.9. The highest BCUT2D eigenvalue weighted by atomic mass is 16.8. The van der Waals surface area contributed by atoms with E-state index in [4.69, 9.17) is 14.2 Å². The number of rotatable bonds is 21. The summed E-state index contributed by atoms with van der Waals surface area (Å²) in [6.07, 6.45) is 11.0. The molecule has 0 heterocycles. The van der Waals surface area contributed by atoms with E-state index in [2.05, 4.69) is 31.7 Å². The number of nitrogens with zero attached hydrogens (tertiary/aromatic N) is 1. The summed E-state index contributed by atoms with van der Waals surface area (Å²) in [5, 5.41) is 9.18. The van der Waals surface area contributed by atoms with Crippen LogP contribution in [-0.2, 0) is 23.8 Å². The zero-order chi connectivity index (χ0) is 25.7. The monoisotopic (exact) mass is 485 g/mol. The average Bonchev–Trinajstić information content (AvgIpc) is 2.81. The van der Waals surface area contributed by atoms with E-state index >= 15 is 0 Å². The highest BCUT2D eigenvalue weighted by Crippen LogP contribution is 2.36. The van der Waals surface area contributed by atoms with E-state index in [1.54, 1.807) is 0 Å². The summed E-state index contributed by atoms with van der Waals surface area (Å²) in [5.74, 6) is -1.50. The minimum atomic E-state index is -0.957. The standard InChI is InChI=1S/C26H47NO7/c1-5-9-10-11-12-13-14-18-26(17-6-2,19-16-23(28)29)24(30)33-22-34-25(31)32-21-15-20-27(7-3)8-4/h13-14H,5-12,15-22H2,1-4H3,(H,28,29). The van der Waals surface area contributed by atoms with Crippen molar-refractivity contribution in [1.82, 2.24) is 4.90 Å². The molecule has 0 radical (unpaired) electrons. The molecule has 0 aromatic carbocycles. The minimum Gasteiger partial charge on any atom is -0.481 e. The molecule has 0 saturated heterocycles. The highest BCUT2D eigenvalue weighted by molar-refractivity contribution is 5.78. The predicted octanol–water partition coefficient (Wildman–Crippen LogP) is 5.94. The van der Waals surface area contributed by atoms with Crippen molar-refractivity contribution in [2.75, 3.05) is 33.0 Å². The maximum atomic E-state index is 13.0. The molecule has 8 nitrogen and oxygen atoms in total. The third-order valence-electron chi connectivity index (χ3n) is 5.98. The molecule has 0 aromatic rings. The average molecular weight is 486 g/mol. The van der Waals surface area contributed by atoms with Crippen molar-refractivity contribution in [3.8, 4) is 0 Å². The van der Waals surface area contributed by atoms with Crippen molar-refractivity contribution >= 4 is 18.1 Å². The number of ether oxygens (including phenoxy) is 3. The normalized spacial score (nSPS) is 13.1. The summed E-state index contributed by atoms with van der Waals surface area (Å²) in [5.41, 5.74) is -0.954. The molecular formula is C26H47NO7. The number of unbranched alkanes of at least 4 members (excludes halogenated alkanes) is 4. The van der Waals surface area contributed by atoms with Crippen LogP contribution in [0.4, 0.5) is 4.79 Å². The van der Waals surface area contributed by atoms with Crippen molar-refractivity contribution in [1.29, 1.82) is 0 Å². The van der Waals surface area contributed by atoms with Gasteiger partial charge in [-0.2, -0.15) is 0 Å². The maximum absolute atomic E-state index is 13.0. The van der Waals surface area contributed by atoms with Crippen LogP contribution in [0.3, 0.4) is 0 Å². The van der Waals surface area contributed by atoms with Crippen molar-refractivity contribution in [2.45, 2.75) is 98.3 Å². The molecule has 0 amide bonds. The lowest BCUT2D eigenvalue weighted by Crippen LogP contribution is -2.34. The van der Waals surface area contributed by atoms with E-state index in [0.717, 1.165) is 32.5 Å². The first-order chi connectivity index (χ1) is 16.3. The van der Waals surface area contributed by atoms with Gasteiger partial charge < -0.3 is 24.2 Å². The number of hydrogen-bond acceptors (Lipinski definition) is 7. The van der Waals surface area contributed by atoms with Gasteiger partial charge in [0.2, 0.25) is 6.79 Å². The van der Waals surface area contributed by atoms with Gasteiger partial charge in [-0.15, -0.1) is 0 Å². The molecule has 0 fully saturated rings. The van der Waals surface area contributed by atoms with Crippen LogP contribution in [0.1, 0.15) is 98.3 Å². The highest BCUT2D eigenvalue weighted by Gasteiger charge is 2.38. The molecular weight excluding hydrogens is 438 g/mol.